The van der Waals surface area contributed by atoms with E-state index >= 15 is 0 Å². The lowest BCUT2D eigenvalue weighted by Crippen LogP contribution is -1.91. The Morgan fingerprint density at radius 3 is 2.45 bits per heavy atom. The van der Waals surface area contributed by atoms with Crippen LogP contribution in [-0.2, 0) is 0 Å². The van der Waals surface area contributed by atoms with Gasteiger partial charge in [0.2, 0.25) is 5.88 Å². The molecule has 0 aliphatic rings. The van der Waals surface area contributed by atoms with Gasteiger partial charge in [-0.25, -0.2) is 4.98 Å². The fourth-order valence-electron chi connectivity index (χ4n) is 1.98. The highest BCUT2D eigenvalue weighted by atomic mass is 16.5. The molecule has 4 heteroatoms. The molecule has 1 heterocycles. The van der Waals surface area contributed by atoms with Gasteiger partial charge >= 0.3 is 0 Å². The molecule has 20 heavy (non-hydrogen) atoms. The second-order valence-electron chi connectivity index (χ2n) is 4.37. The molecule has 3 rings (SSSR count). The molecular weight excluding hydrogens is 252 g/mol. The Balaban J connectivity index is 2.01. The summed E-state index contributed by atoms with van der Waals surface area (Å²) >= 11 is 0. The fourth-order valence-corrected chi connectivity index (χ4v) is 1.98. The van der Waals surface area contributed by atoms with Crippen molar-refractivity contribution in [3.05, 3.63) is 54.7 Å². The van der Waals surface area contributed by atoms with Gasteiger partial charge in [0.05, 0.1) is 7.11 Å². The molecule has 0 fully saturated rings. The van der Waals surface area contributed by atoms with E-state index in [4.69, 9.17) is 15.2 Å². The van der Waals surface area contributed by atoms with Crippen LogP contribution in [0.1, 0.15) is 0 Å². The number of aromatic nitrogens is 1. The number of hydrogen-bond donors (Lipinski definition) is 1. The van der Waals surface area contributed by atoms with Gasteiger partial charge in [-0.1, -0.05) is 0 Å². The van der Waals surface area contributed by atoms with Crippen LogP contribution in [0, 0.1) is 0 Å². The third-order valence-corrected chi connectivity index (χ3v) is 3.03. The molecule has 0 aliphatic carbocycles. The standard InChI is InChI=1S/C16H14N2O2/c1-19-14-6-7-15-11(10-14)8-9-18-16(15)20-13-4-2-12(17)3-5-13/h2-10H,17H2,1H3. The summed E-state index contributed by atoms with van der Waals surface area (Å²) in [7, 11) is 1.65. The summed E-state index contributed by atoms with van der Waals surface area (Å²) < 4.78 is 11.0. The van der Waals surface area contributed by atoms with Gasteiger partial charge in [-0.2, -0.15) is 0 Å². The van der Waals surface area contributed by atoms with Crippen LogP contribution < -0.4 is 15.2 Å². The van der Waals surface area contributed by atoms with E-state index in [9.17, 15) is 0 Å². The van der Waals surface area contributed by atoms with E-state index in [0.717, 1.165) is 16.5 Å². The van der Waals surface area contributed by atoms with Crippen molar-refractivity contribution in [1.29, 1.82) is 0 Å². The van der Waals surface area contributed by atoms with Crippen molar-refractivity contribution >= 4 is 16.5 Å². The summed E-state index contributed by atoms with van der Waals surface area (Å²) in [6.45, 7) is 0. The maximum atomic E-state index is 5.81. The van der Waals surface area contributed by atoms with Gasteiger partial charge in [0, 0.05) is 17.3 Å². The minimum Gasteiger partial charge on any atom is -0.497 e. The van der Waals surface area contributed by atoms with Crippen LogP contribution in [0.25, 0.3) is 10.8 Å². The molecule has 0 spiro atoms. The van der Waals surface area contributed by atoms with Gasteiger partial charge in [-0.3, -0.25) is 0 Å². The predicted molar refractivity (Wildman–Crippen MR) is 79.2 cm³/mol. The molecule has 0 unspecified atom stereocenters. The zero-order valence-corrected chi connectivity index (χ0v) is 11.0. The molecule has 0 amide bonds. The Hall–Kier alpha value is -2.75. The zero-order chi connectivity index (χ0) is 13.9. The molecule has 2 N–H and O–H groups in total. The lowest BCUT2D eigenvalue weighted by atomic mass is 10.1. The second kappa shape index (κ2) is 5.09. The van der Waals surface area contributed by atoms with E-state index in [1.807, 2.05) is 36.4 Å². The number of nitrogens with zero attached hydrogens (tertiary/aromatic N) is 1. The minimum atomic E-state index is 0.565. The number of hydrogen-bond acceptors (Lipinski definition) is 4. The lowest BCUT2D eigenvalue weighted by molar-refractivity contribution is 0.415. The number of rotatable bonds is 3. The number of benzene rings is 2. The van der Waals surface area contributed by atoms with Crippen LogP contribution >= 0.6 is 0 Å². The third kappa shape index (κ3) is 2.36. The SMILES string of the molecule is COc1ccc2c(Oc3ccc(N)cc3)nccc2c1. The number of methoxy groups -OCH3 is 1. The first kappa shape index (κ1) is 12.3. The summed E-state index contributed by atoms with van der Waals surface area (Å²) in [6, 6.07) is 14.9. The molecule has 0 radical (unpaired) electrons. The number of fused-ring (bicyclic) bond motifs is 1. The van der Waals surface area contributed by atoms with Gasteiger partial charge < -0.3 is 15.2 Å². The first-order chi connectivity index (χ1) is 9.76. The van der Waals surface area contributed by atoms with E-state index in [1.165, 1.54) is 0 Å². The maximum Gasteiger partial charge on any atom is 0.227 e. The highest BCUT2D eigenvalue weighted by Crippen LogP contribution is 2.30. The van der Waals surface area contributed by atoms with E-state index in [-0.39, 0.29) is 0 Å². The highest BCUT2D eigenvalue weighted by molar-refractivity contribution is 5.88. The highest BCUT2D eigenvalue weighted by Gasteiger charge is 2.06. The zero-order valence-electron chi connectivity index (χ0n) is 11.0. The van der Waals surface area contributed by atoms with E-state index in [1.54, 1.807) is 25.4 Å². The molecule has 4 nitrogen and oxygen atoms in total. The molecule has 0 aliphatic heterocycles. The van der Waals surface area contributed by atoms with E-state index in [0.29, 0.717) is 17.3 Å². The number of ether oxygens (including phenoxy) is 2. The molecule has 0 saturated carbocycles. The summed E-state index contributed by atoms with van der Waals surface area (Å²) in [5.41, 5.74) is 6.36. The minimum absolute atomic E-state index is 0.565. The molecule has 2 aromatic carbocycles. The van der Waals surface area contributed by atoms with Crippen molar-refractivity contribution in [1.82, 2.24) is 4.98 Å². The Kier molecular flexibility index (Phi) is 3.13. The topological polar surface area (TPSA) is 57.4 Å². The van der Waals surface area contributed by atoms with Crippen LogP contribution in [-0.4, -0.2) is 12.1 Å². The van der Waals surface area contributed by atoms with Crippen molar-refractivity contribution < 1.29 is 9.47 Å². The second-order valence-corrected chi connectivity index (χ2v) is 4.37. The van der Waals surface area contributed by atoms with Crippen molar-refractivity contribution in [2.45, 2.75) is 0 Å². The van der Waals surface area contributed by atoms with Crippen molar-refractivity contribution in [2.75, 3.05) is 12.8 Å². The van der Waals surface area contributed by atoms with Gasteiger partial charge in [0.15, 0.2) is 0 Å². The number of nitrogen functional groups attached to an aromatic ring is 1. The quantitative estimate of drug-likeness (QED) is 0.736. The van der Waals surface area contributed by atoms with Crippen molar-refractivity contribution in [2.24, 2.45) is 0 Å². The Labute approximate surface area is 116 Å². The monoisotopic (exact) mass is 266 g/mol. The summed E-state index contributed by atoms with van der Waals surface area (Å²) in [6.07, 6.45) is 1.72. The van der Waals surface area contributed by atoms with Crippen molar-refractivity contribution in [3.8, 4) is 17.4 Å². The van der Waals surface area contributed by atoms with Crippen molar-refractivity contribution in [3.63, 3.8) is 0 Å². The fraction of sp³-hybridized carbons (Fsp3) is 0.0625. The van der Waals surface area contributed by atoms with Crippen LogP contribution in [0.2, 0.25) is 0 Å². The number of pyridine rings is 1. The first-order valence-electron chi connectivity index (χ1n) is 6.22. The normalized spacial score (nSPS) is 10.4. The van der Waals surface area contributed by atoms with Crippen LogP contribution in [0.4, 0.5) is 5.69 Å². The van der Waals surface area contributed by atoms with E-state index in [2.05, 4.69) is 4.98 Å². The van der Waals surface area contributed by atoms with Crippen LogP contribution in [0.3, 0.4) is 0 Å². The van der Waals surface area contributed by atoms with Gasteiger partial charge in [0.25, 0.3) is 0 Å². The molecule has 0 saturated heterocycles. The Morgan fingerprint density at radius 2 is 1.70 bits per heavy atom. The summed E-state index contributed by atoms with van der Waals surface area (Å²) in [4.78, 5) is 4.29. The lowest BCUT2D eigenvalue weighted by Gasteiger charge is -2.09. The largest absolute Gasteiger partial charge is 0.497 e. The smallest absolute Gasteiger partial charge is 0.227 e. The first-order valence-corrected chi connectivity index (χ1v) is 6.22. The van der Waals surface area contributed by atoms with Crippen LogP contribution in [0.15, 0.2) is 54.7 Å². The molecule has 0 bridgehead atoms. The van der Waals surface area contributed by atoms with Gasteiger partial charge in [-0.15, -0.1) is 0 Å². The molecular formula is C16H14N2O2. The molecule has 100 valence electrons. The van der Waals surface area contributed by atoms with Gasteiger partial charge in [0.1, 0.15) is 11.5 Å². The molecule has 3 aromatic rings. The average molecular weight is 266 g/mol. The molecule has 0 atom stereocenters. The summed E-state index contributed by atoms with van der Waals surface area (Å²) in [5, 5.41) is 1.95. The van der Waals surface area contributed by atoms with Crippen LogP contribution in [0.5, 0.6) is 17.4 Å². The summed E-state index contributed by atoms with van der Waals surface area (Å²) in [5.74, 6) is 2.08. The number of anilines is 1. The van der Waals surface area contributed by atoms with E-state index < -0.39 is 0 Å². The maximum absolute atomic E-state index is 5.81. The van der Waals surface area contributed by atoms with Gasteiger partial charge in [-0.05, 0) is 53.9 Å². The Bertz CT molecular complexity index is 739. The molecule has 1 aromatic heterocycles. The average Bonchev–Trinajstić information content (AvgIpc) is 2.49. The Morgan fingerprint density at radius 1 is 0.950 bits per heavy atom. The predicted octanol–water partition coefficient (Wildman–Crippen LogP) is 3.62. The number of nitrogens with two attached hydrogens (primary N) is 1. The third-order valence-electron chi connectivity index (χ3n) is 3.03.